The summed E-state index contributed by atoms with van der Waals surface area (Å²) in [7, 11) is 2.16. The van der Waals surface area contributed by atoms with Crippen molar-refractivity contribution < 1.29 is 0 Å². The van der Waals surface area contributed by atoms with Crippen molar-refractivity contribution >= 4 is 28.5 Å². The van der Waals surface area contributed by atoms with E-state index in [0.717, 1.165) is 22.6 Å². The average molecular weight is 318 g/mol. The van der Waals surface area contributed by atoms with E-state index in [0.29, 0.717) is 6.04 Å². The number of nitrogens with one attached hydrogen (secondary N) is 1. The highest BCUT2D eigenvalue weighted by atomic mass is 127. The Labute approximate surface area is 104 Å². The molecule has 0 spiro atoms. The molecule has 0 amide bonds. The zero-order valence-electron chi connectivity index (χ0n) is 8.78. The lowest BCUT2D eigenvalue weighted by Gasteiger charge is -2.29. The molecule has 1 fully saturated rings. The topological polar surface area (TPSA) is 41.0 Å². The first-order valence-electron chi connectivity index (χ1n) is 5.16. The van der Waals surface area contributed by atoms with Crippen LogP contribution in [0.25, 0.3) is 0 Å². The van der Waals surface area contributed by atoms with E-state index in [4.69, 9.17) is 0 Å². The fraction of sp³-hybridized carbons (Fsp3) is 0.600. The van der Waals surface area contributed by atoms with E-state index in [1.54, 1.807) is 0 Å². The van der Waals surface area contributed by atoms with E-state index in [2.05, 4.69) is 49.8 Å². The molecule has 2 rings (SSSR count). The van der Waals surface area contributed by atoms with Crippen LogP contribution < -0.4 is 5.32 Å². The Morgan fingerprint density at radius 1 is 1.33 bits per heavy atom. The molecule has 0 atom stereocenters. The lowest BCUT2D eigenvalue weighted by atomic mass is 10.1. The quantitative estimate of drug-likeness (QED) is 0.841. The highest BCUT2D eigenvalue weighted by Crippen LogP contribution is 2.12. The first-order chi connectivity index (χ1) is 7.24. The number of hydrogen-bond donors (Lipinski definition) is 1. The van der Waals surface area contributed by atoms with E-state index in [-0.39, 0.29) is 0 Å². The fourth-order valence-electron chi connectivity index (χ4n) is 1.72. The van der Waals surface area contributed by atoms with Crippen LogP contribution >= 0.6 is 22.6 Å². The molecule has 5 heteroatoms. The third kappa shape index (κ3) is 3.27. The van der Waals surface area contributed by atoms with Gasteiger partial charge in [-0.15, -0.1) is 0 Å². The van der Waals surface area contributed by atoms with Gasteiger partial charge in [-0.3, -0.25) is 0 Å². The fourth-order valence-corrected chi connectivity index (χ4v) is 2.00. The Hall–Kier alpha value is -0.430. The van der Waals surface area contributed by atoms with E-state index >= 15 is 0 Å². The van der Waals surface area contributed by atoms with Gasteiger partial charge in [0.2, 0.25) is 5.95 Å². The van der Waals surface area contributed by atoms with Crippen molar-refractivity contribution in [2.24, 2.45) is 0 Å². The molecule has 1 aliphatic rings. The Kier molecular flexibility index (Phi) is 3.74. The largest absolute Gasteiger partial charge is 0.351 e. The van der Waals surface area contributed by atoms with Crippen molar-refractivity contribution in [3.63, 3.8) is 0 Å². The second kappa shape index (κ2) is 5.07. The van der Waals surface area contributed by atoms with Gasteiger partial charge >= 0.3 is 0 Å². The van der Waals surface area contributed by atoms with E-state index in [9.17, 15) is 0 Å². The van der Waals surface area contributed by atoms with Gasteiger partial charge in [0.15, 0.2) is 0 Å². The minimum atomic E-state index is 0.529. The second-order valence-corrected chi connectivity index (χ2v) is 5.19. The van der Waals surface area contributed by atoms with Crippen LogP contribution in [0.5, 0.6) is 0 Å². The molecule has 1 saturated heterocycles. The number of nitrogens with zero attached hydrogens (tertiary/aromatic N) is 3. The van der Waals surface area contributed by atoms with Gasteiger partial charge < -0.3 is 10.2 Å². The van der Waals surface area contributed by atoms with Crippen LogP contribution in [0.2, 0.25) is 0 Å². The number of rotatable bonds is 2. The van der Waals surface area contributed by atoms with Gasteiger partial charge in [-0.05, 0) is 55.6 Å². The maximum Gasteiger partial charge on any atom is 0.222 e. The van der Waals surface area contributed by atoms with Gasteiger partial charge in [-0.1, -0.05) is 0 Å². The van der Waals surface area contributed by atoms with Crippen LogP contribution in [0, 0.1) is 3.57 Å². The third-order valence-electron chi connectivity index (χ3n) is 2.67. The van der Waals surface area contributed by atoms with Crippen molar-refractivity contribution in [1.82, 2.24) is 14.9 Å². The van der Waals surface area contributed by atoms with Crippen LogP contribution in [0.15, 0.2) is 12.4 Å². The first kappa shape index (κ1) is 11.1. The Morgan fingerprint density at radius 2 is 1.93 bits per heavy atom. The number of halogens is 1. The van der Waals surface area contributed by atoms with Gasteiger partial charge in [0.05, 0.1) is 0 Å². The lowest BCUT2D eigenvalue weighted by molar-refractivity contribution is 0.263. The van der Waals surface area contributed by atoms with Gasteiger partial charge in [0.25, 0.3) is 0 Å². The van der Waals surface area contributed by atoms with Crippen molar-refractivity contribution in [3.8, 4) is 0 Å². The number of likely N-dealkylation sites (tertiary alicyclic amines) is 1. The summed E-state index contributed by atoms with van der Waals surface area (Å²) in [6, 6.07) is 0.529. The molecular weight excluding hydrogens is 303 g/mol. The van der Waals surface area contributed by atoms with Gasteiger partial charge in [0, 0.05) is 22.0 Å². The van der Waals surface area contributed by atoms with E-state index in [1.165, 1.54) is 12.8 Å². The van der Waals surface area contributed by atoms with Gasteiger partial charge in [-0.2, -0.15) is 0 Å². The molecule has 4 nitrogen and oxygen atoms in total. The summed E-state index contributed by atoms with van der Waals surface area (Å²) in [5.41, 5.74) is 0. The van der Waals surface area contributed by atoms with Crippen LogP contribution in [-0.4, -0.2) is 41.0 Å². The normalized spacial score (nSPS) is 19.1. The molecule has 0 bridgehead atoms. The molecule has 0 aliphatic carbocycles. The average Bonchev–Trinajstić information content (AvgIpc) is 2.25. The zero-order valence-corrected chi connectivity index (χ0v) is 10.9. The SMILES string of the molecule is CN1CCC(Nc2ncc(I)cn2)CC1. The summed E-state index contributed by atoms with van der Waals surface area (Å²) in [4.78, 5) is 10.9. The summed E-state index contributed by atoms with van der Waals surface area (Å²) >= 11 is 2.21. The molecule has 1 aromatic heterocycles. The zero-order chi connectivity index (χ0) is 10.7. The van der Waals surface area contributed by atoms with E-state index < -0.39 is 0 Å². The molecule has 15 heavy (non-hydrogen) atoms. The van der Waals surface area contributed by atoms with E-state index in [1.807, 2.05) is 12.4 Å². The molecule has 1 N–H and O–H groups in total. The summed E-state index contributed by atoms with van der Waals surface area (Å²) in [5.74, 6) is 0.755. The molecule has 0 unspecified atom stereocenters. The Balaban J connectivity index is 1.89. The van der Waals surface area contributed by atoms with Crippen LogP contribution in [0.1, 0.15) is 12.8 Å². The monoisotopic (exact) mass is 318 g/mol. The van der Waals surface area contributed by atoms with Crippen LogP contribution in [0.4, 0.5) is 5.95 Å². The molecule has 82 valence electrons. The minimum Gasteiger partial charge on any atom is -0.351 e. The summed E-state index contributed by atoms with van der Waals surface area (Å²) in [6.45, 7) is 2.31. The summed E-state index contributed by atoms with van der Waals surface area (Å²) in [5, 5.41) is 3.38. The van der Waals surface area contributed by atoms with Crippen molar-refractivity contribution in [2.45, 2.75) is 18.9 Å². The van der Waals surface area contributed by atoms with Crippen molar-refractivity contribution in [3.05, 3.63) is 16.0 Å². The van der Waals surface area contributed by atoms with Gasteiger partial charge in [-0.25, -0.2) is 9.97 Å². The minimum absolute atomic E-state index is 0.529. The number of aromatic nitrogens is 2. The highest BCUT2D eigenvalue weighted by molar-refractivity contribution is 14.1. The smallest absolute Gasteiger partial charge is 0.222 e. The maximum atomic E-state index is 4.25. The summed E-state index contributed by atoms with van der Waals surface area (Å²) in [6.07, 6.45) is 6.02. The number of piperidine rings is 1. The predicted octanol–water partition coefficient (Wildman–Crippen LogP) is 1.59. The van der Waals surface area contributed by atoms with Crippen LogP contribution in [-0.2, 0) is 0 Å². The molecular formula is C10H15IN4. The Morgan fingerprint density at radius 3 is 2.53 bits per heavy atom. The maximum absolute atomic E-state index is 4.25. The van der Waals surface area contributed by atoms with Crippen molar-refractivity contribution in [2.75, 3.05) is 25.5 Å². The number of hydrogen-bond acceptors (Lipinski definition) is 4. The van der Waals surface area contributed by atoms with Gasteiger partial charge in [0.1, 0.15) is 0 Å². The first-order valence-corrected chi connectivity index (χ1v) is 6.24. The standard InChI is InChI=1S/C10H15IN4/c1-15-4-2-9(3-5-15)14-10-12-6-8(11)7-13-10/h6-7,9H,2-5H2,1H3,(H,12,13,14). The molecule has 1 aliphatic heterocycles. The molecule has 0 radical (unpaired) electrons. The second-order valence-electron chi connectivity index (χ2n) is 3.95. The van der Waals surface area contributed by atoms with Crippen LogP contribution in [0.3, 0.4) is 0 Å². The molecule has 2 heterocycles. The lowest BCUT2D eigenvalue weighted by Crippen LogP contribution is -2.37. The third-order valence-corrected chi connectivity index (χ3v) is 3.23. The summed E-state index contributed by atoms with van der Waals surface area (Å²) < 4.78 is 1.07. The molecule has 0 aromatic carbocycles. The van der Waals surface area contributed by atoms with Crippen molar-refractivity contribution in [1.29, 1.82) is 0 Å². The highest BCUT2D eigenvalue weighted by Gasteiger charge is 2.16. The molecule has 0 saturated carbocycles. The number of anilines is 1. The Bertz CT molecular complexity index is 306. The predicted molar refractivity (Wildman–Crippen MR) is 68.9 cm³/mol. The molecule has 1 aromatic rings.